The second kappa shape index (κ2) is 8.30. The Balaban J connectivity index is 2.21. The molecular formula is C14H16O3. The van der Waals surface area contributed by atoms with Gasteiger partial charge in [-0.3, -0.25) is 0 Å². The third kappa shape index (κ3) is 6.33. The summed E-state index contributed by atoms with van der Waals surface area (Å²) >= 11 is 0. The van der Waals surface area contributed by atoms with Crippen molar-refractivity contribution in [1.29, 1.82) is 0 Å². The number of ether oxygens (including phenoxy) is 2. The molecule has 0 spiro atoms. The standard InChI is InChI=1S/C14H16O3/c1-2-10-16-11-12-17-14(15)9-8-13-6-4-3-5-7-13/h2-9H,1,10-12H2. The monoisotopic (exact) mass is 232 g/mol. The van der Waals surface area contributed by atoms with E-state index in [1.54, 1.807) is 12.2 Å². The molecule has 0 saturated carbocycles. The van der Waals surface area contributed by atoms with Crippen molar-refractivity contribution in [2.45, 2.75) is 0 Å². The van der Waals surface area contributed by atoms with E-state index in [2.05, 4.69) is 6.58 Å². The summed E-state index contributed by atoms with van der Waals surface area (Å²) in [5, 5.41) is 0. The normalized spacial score (nSPS) is 10.4. The molecule has 0 radical (unpaired) electrons. The third-order valence-electron chi connectivity index (χ3n) is 1.92. The highest BCUT2D eigenvalue weighted by atomic mass is 16.6. The highest BCUT2D eigenvalue weighted by molar-refractivity contribution is 5.86. The fourth-order valence-electron chi connectivity index (χ4n) is 1.14. The van der Waals surface area contributed by atoms with Crippen molar-refractivity contribution in [2.24, 2.45) is 0 Å². The molecule has 0 saturated heterocycles. The smallest absolute Gasteiger partial charge is 0.330 e. The van der Waals surface area contributed by atoms with Crippen LogP contribution in [0.3, 0.4) is 0 Å². The summed E-state index contributed by atoms with van der Waals surface area (Å²) in [6, 6.07) is 9.57. The summed E-state index contributed by atoms with van der Waals surface area (Å²) in [4.78, 5) is 11.3. The fraction of sp³-hybridized carbons (Fsp3) is 0.214. The second-order valence-electron chi connectivity index (χ2n) is 3.28. The van der Waals surface area contributed by atoms with Crippen LogP contribution >= 0.6 is 0 Å². The van der Waals surface area contributed by atoms with Crippen molar-refractivity contribution in [2.75, 3.05) is 19.8 Å². The fourth-order valence-corrected chi connectivity index (χ4v) is 1.14. The van der Waals surface area contributed by atoms with Gasteiger partial charge in [0.1, 0.15) is 6.61 Å². The summed E-state index contributed by atoms with van der Waals surface area (Å²) in [6.07, 6.45) is 4.77. The van der Waals surface area contributed by atoms with Crippen molar-refractivity contribution in [1.82, 2.24) is 0 Å². The van der Waals surface area contributed by atoms with E-state index in [0.29, 0.717) is 13.2 Å². The average Bonchev–Trinajstić information content (AvgIpc) is 2.37. The van der Waals surface area contributed by atoms with Gasteiger partial charge < -0.3 is 9.47 Å². The average molecular weight is 232 g/mol. The maximum Gasteiger partial charge on any atom is 0.330 e. The highest BCUT2D eigenvalue weighted by Crippen LogP contribution is 2.00. The van der Waals surface area contributed by atoms with Crippen molar-refractivity contribution in [3.63, 3.8) is 0 Å². The Kier molecular flexibility index (Phi) is 6.44. The van der Waals surface area contributed by atoms with Gasteiger partial charge in [-0.2, -0.15) is 0 Å². The van der Waals surface area contributed by atoms with E-state index in [1.807, 2.05) is 30.3 Å². The molecule has 3 heteroatoms. The largest absolute Gasteiger partial charge is 0.460 e. The Hall–Kier alpha value is -1.87. The lowest BCUT2D eigenvalue weighted by molar-refractivity contribution is -0.139. The lowest BCUT2D eigenvalue weighted by atomic mass is 10.2. The molecule has 0 atom stereocenters. The van der Waals surface area contributed by atoms with Crippen LogP contribution in [0.15, 0.2) is 49.1 Å². The first kappa shape index (κ1) is 13.2. The Labute approximate surface area is 101 Å². The van der Waals surface area contributed by atoms with Crippen LogP contribution in [0, 0.1) is 0 Å². The van der Waals surface area contributed by atoms with E-state index in [1.165, 1.54) is 6.08 Å². The van der Waals surface area contributed by atoms with Gasteiger partial charge >= 0.3 is 5.97 Å². The summed E-state index contributed by atoms with van der Waals surface area (Å²) in [7, 11) is 0. The molecule has 0 heterocycles. The predicted molar refractivity (Wildman–Crippen MR) is 67.5 cm³/mol. The van der Waals surface area contributed by atoms with E-state index in [4.69, 9.17) is 9.47 Å². The molecular weight excluding hydrogens is 216 g/mol. The third-order valence-corrected chi connectivity index (χ3v) is 1.92. The minimum atomic E-state index is -0.365. The van der Waals surface area contributed by atoms with Gasteiger partial charge in [-0.1, -0.05) is 36.4 Å². The summed E-state index contributed by atoms with van der Waals surface area (Å²) in [6.45, 7) is 4.62. The van der Waals surface area contributed by atoms with Crippen LogP contribution in [0.5, 0.6) is 0 Å². The maximum atomic E-state index is 11.3. The summed E-state index contributed by atoms with van der Waals surface area (Å²) < 4.78 is 10.0. The van der Waals surface area contributed by atoms with Crippen molar-refractivity contribution < 1.29 is 14.3 Å². The molecule has 0 aliphatic heterocycles. The maximum absolute atomic E-state index is 11.3. The first-order valence-electron chi connectivity index (χ1n) is 5.41. The number of rotatable bonds is 7. The number of hydrogen-bond donors (Lipinski definition) is 0. The Morgan fingerprint density at radius 3 is 2.71 bits per heavy atom. The number of esters is 1. The first-order valence-corrected chi connectivity index (χ1v) is 5.41. The predicted octanol–water partition coefficient (Wildman–Crippen LogP) is 2.45. The first-order chi connectivity index (χ1) is 8.33. The number of benzene rings is 1. The van der Waals surface area contributed by atoms with Gasteiger partial charge in [0.15, 0.2) is 0 Å². The second-order valence-corrected chi connectivity index (χ2v) is 3.28. The highest BCUT2D eigenvalue weighted by Gasteiger charge is 1.96. The van der Waals surface area contributed by atoms with Crippen molar-refractivity contribution in [3.8, 4) is 0 Å². The van der Waals surface area contributed by atoms with Gasteiger partial charge in [0, 0.05) is 6.08 Å². The van der Waals surface area contributed by atoms with Crippen LogP contribution in [0.25, 0.3) is 6.08 Å². The van der Waals surface area contributed by atoms with Crippen LogP contribution < -0.4 is 0 Å². The van der Waals surface area contributed by atoms with Crippen LogP contribution in [0.2, 0.25) is 0 Å². The van der Waals surface area contributed by atoms with Crippen LogP contribution in [-0.4, -0.2) is 25.8 Å². The number of carbonyl (C=O) groups excluding carboxylic acids is 1. The molecule has 0 aliphatic rings. The van der Waals surface area contributed by atoms with Crippen molar-refractivity contribution in [3.05, 3.63) is 54.6 Å². The molecule has 90 valence electrons. The van der Waals surface area contributed by atoms with Gasteiger partial charge in [-0.25, -0.2) is 4.79 Å². The molecule has 1 aromatic rings. The van der Waals surface area contributed by atoms with E-state index in [-0.39, 0.29) is 12.6 Å². The number of hydrogen-bond acceptors (Lipinski definition) is 3. The van der Waals surface area contributed by atoms with Gasteiger partial charge in [0.2, 0.25) is 0 Å². The lowest BCUT2D eigenvalue weighted by Crippen LogP contribution is -2.08. The van der Waals surface area contributed by atoms with E-state index in [9.17, 15) is 4.79 Å². The van der Waals surface area contributed by atoms with Gasteiger partial charge in [0.05, 0.1) is 13.2 Å². The van der Waals surface area contributed by atoms with Crippen LogP contribution in [0.4, 0.5) is 0 Å². The molecule has 0 aliphatic carbocycles. The van der Waals surface area contributed by atoms with Gasteiger partial charge in [-0.05, 0) is 11.6 Å². The zero-order valence-electron chi connectivity index (χ0n) is 9.67. The van der Waals surface area contributed by atoms with E-state index < -0.39 is 0 Å². The summed E-state index contributed by atoms with van der Waals surface area (Å²) in [5.41, 5.74) is 0.965. The molecule has 0 unspecified atom stereocenters. The summed E-state index contributed by atoms with van der Waals surface area (Å²) in [5.74, 6) is -0.365. The molecule has 0 aromatic heterocycles. The van der Waals surface area contributed by atoms with Crippen LogP contribution in [0.1, 0.15) is 5.56 Å². The zero-order chi connectivity index (χ0) is 12.3. The van der Waals surface area contributed by atoms with Crippen molar-refractivity contribution >= 4 is 12.0 Å². The van der Waals surface area contributed by atoms with Gasteiger partial charge in [-0.15, -0.1) is 6.58 Å². The minimum absolute atomic E-state index is 0.256. The molecule has 17 heavy (non-hydrogen) atoms. The van der Waals surface area contributed by atoms with E-state index in [0.717, 1.165) is 5.56 Å². The quantitative estimate of drug-likeness (QED) is 0.313. The molecule has 0 fully saturated rings. The Morgan fingerprint density at radius 2 is 2.00 bits per heavy atom. The van der Waals surface area contributed by atoms with E-state index >= 15 is 0 Å². The molecule has 3 nitrogen and oxygen atoms in total. The molecule has 0 N–H and O–H groups in total. The Bertz CT molecular complexity index is 368. The minimum Gasteiger partial charge on any atom is -0.460 e. The molecule has 0 bridgehead atoms. The SMILES string of the molecule is C=CCOCCOC(=O)C=Cc1ccccc1. The zero-order valence-corrected chi connectivity index (χ0v) is 9.67. The molecule has 1 aromatic carbocycles. The molecule has 0 amide bonds. The number of carbonyl (C=O) groups is 1. The molecule has 1 rings (SSSR count). The van der Waals surface area contributed by atoms with Gasteiger partial charge in [0.25, 0.3) is 0 Å². The van der Waals surface area contributed by atoms with Crippen LogP contribution in [-0.2, 0) is 14.3 Å². The lowest BCUT2D eigenvalue weighted by Gasteiger charge is -2.01. The Morgan fingerprint density at radius 1 is 1.24 bits per heavy atom. The topological polar surface area (TPSA) is 35.5 Å².